The van der Waals surface area contributed by atoms with E-state index in [9.17, 15) is 47.4 Å². The quantitative estimate of drug-likeness (QED) is 0.215. The lowest BCUT2D eigenvalue weighted by Crippen LogP contribution is -2.62. The lowest BCUT2D eigenvalue weighted by Gasteiger charge is -2.39. The molecule has 4 fully saturated rings. The van der Waals surface area contributed by atoms with E-state index in [0.29, 0.717) is 56.8 Å². The third kappa shape index (κ3) is 9.72. The Hall–Kier alpha value is -5.45. The molecule has 318 valence electrons. The summed E-state index contributed by atoms with van der Waals surface area (Å²) in [6, 6.07) is 2.72. The zero-order valence-electron chi connectivity index (χ0n) is 33.8. The molecule has 0 bridgehead atoms. The smallest absolute Gasteiger partial charge is 0.319 e. The summed E-state index contributed by atoms with van der Waals surface area (Å²) < 4.78 is 28.3. The summed E-state index contributed by atoms with van der Waals surface area (Å²) in [5, 5.41) is 21.2. The molecule has 1 unspecified atom stereocenters. The summed E-state index contributed by atoms with van der Waals surface area (Å²) in [6.07, 6.45) is 1.30. The van der Waals surface area contributed by atoms with Crippen LogP contribution in [0.5, 0.6) is 0 Å². The molecule has 59 heavy (non-hydrogen) atoms. The van der Waals surface area contributed by atoms with Gasteiger partial charge >= 0.3 is 6.03 Å². The average molecular weight is 822 g/mol. The number of amides is 7. The highest BCUT2D eigenvalue weighted by Gasteiger charge is 2.63. The van der Waals surface area contributed by atoms with Gasteiger partial charge in [0.25, 0.3) is 0 Å². The highest BCUT2D eigenvalue weighted by molar-refractivity contribution is 6.09. The minimum Gasteiger partial charge on any atom is -0.391 e. The SMILES string of the molecule is Cc1ccc(NC(=O)N[C@@H](Cc2cc(F)cc(F)c2)C(=O)N[C@H](C(=O)N2CCC[C@H]2C(=O)N2CCCC[C@H]2C(=O)N[C@@H](C)C(=O)N2C[C@@H](C)CC23CC3=O)[C@H](C)O)cc1. The maximum Gasteiger partial charge on any atom is 0.319 e. The van der Waals surface area contributed by atoms with Crippen LogP contribution in [0.25, 0.3) is 0 Å². The van der Waals surface area contributed by atoms with Crippen LogP contribution in [0.3, 0.4) is 0 Å². The molecule has 15 nitrogen and oxygen atoms in total. The maximum absolute atomic E-state index is 14.3. The van der Waals surface area contributed by atoms with Gasteiger partial charge in [-0.15, -0.1) is 0 Å². The van der Waals surface area contributed by atoms with Crippen LogP contribution in [0, 0.1) is 24.5 Å². The predicted molar refractivity (Wildman–Crippen MR) is 210 cm³/mol. The molecule has 0 aromatic heterocycles. The first-order chi connectivity index (χ1) is 28.0. The lowest BCUT2D eigenvalue weighted by molar-refractivity contribution is -0.152. The largest absolute Gasteiger partial charge is 0.391 e. The summed E-state index contributed by atoms with van der Waals surface area (Å²) in [6.45, 7) is 7.45. The van der Waals surface area contributed by atoms with Crippen LogP contribution in [0.2, 0.25) is 0 Å². The van der Waals surface area contributed by atoms with Gasteiger partial charge in [-0.05, 0) is 95.0 Å². The second-order valence-electron chi connectivity index (χ2n) is 16.6. The molecular weight excluding hydrogens is 768 g/mol. The molecule has 8 atom stereocenters. The maximum atomic E-state index is 14.3. The number of carbonyl (C=O) groups is 7. The summed E-state index contributed by atoms with van der Waals surface area (Å²) in [4.78, 5) is 99.2. The number of benzene rings is 2. The standard InChI is InChI=1S/C42H53F2N7O8/c1-23-10-12-30(13-11-23)46-41(59)47-31(18-27-16-28(43)19-29(44)17-27)36(54)48-35(26(4)52)40(58)50-15-7-9-33(50)39(57)49-14-6-5-8-32(49)37(55)45-25(3)38(56)51-22-24(2)20-42(51)21-34(42)53/h10-13,16-17,19,24-26,31-33,35,52H,5-9,14-15,18,20-22H2,1-4H3,(H,45,55)(H,48,54)(H2,46,47,59)/t24-,25-,26-,31-,32-,33-,35-,42?/m0/s1. The van der Waals surface area contributed by atoms with E-state index in [-0.39, 0.29) is 49.1 Å². The van der Waals surface area contributed by atoms with Crippen LogP contribution in [0.4, 0.5) is 19.3 Å². The van der Waals surface area contributed by atoms with Crippen LogP contribution in [-0.4, -0.2) is 123 Å². The first-order valence-corrected chi connectivity index (χ1v) is 20.3. The third-order valence-corrected chi connectivity index (χ3v) is 11.8. The Morgan fingerprint density at radius 2 is 1.51 bits per heavy atom. The normalized spacial score (nSPS) is 24.6. The van der Waals surface area contributed by atoms with Crippen molar-refractivity contribution >= 4 is 47.0 Å². The molecule has 5 N–H and O–H groups in total. The summed E-state index contributed by atoms with van der Waals surface area (Å²) in [7, 11) is 0. The molecule has 4 aliphatic rings. The molecule has 17 heteroatoms. The highest BCUT2D eigenvalue weighted by Crippen LogP contribution is 2.48. The number of Topliss-reactive ketones (excluding diaryl/α,β-unsaturated/α-hetero) is 1. The second-order valence-corrected chi connectivity index (χ2v) is 16.6. The first-order valence-electron chi connectivity index (χ1n) is 20.3. The Balaban J connectivity index is 1.14. The molecule has 3 heterocycles. The number of nitrogens with one attached hydrogen (secondary N) is 4. The van der Waals surface area contributed by atoms with Crippen LogP contribution >= 0.6 is 0 Å². The number of urea groups is 1. The van der Waals surface area contributed by atoms with Gasteiger partial charge in [-0.25, -0.2) is 13.6 Å². The van der Waals surface area contributed by atoms with Gasteiger partial charge in [0.2, 0.25) is 29.5 Å². The van der Waals surface area contributed by atoms with Crippen molar-refractivity contribution in [3.63, 3.8) is 0 Å². The number of carbonyl (C=O) groups excluding carboxylic acids is 7. The van der Waals surface area contributed by atoms with Gasteiger partial charge in [0, 0.05) is 44.2 Å². The van der Waals surface area contributed by atoms with Crippen molar-refractivity contribution in [3.05, 3.63) is 65.2 Å². The van der Waals surface area contributed by atoms with Crippen molar-refractivity contribution in [1.29, 1.82) is 0 Å². The topological polar surface area (TPSA) is 198 Å². The van der Waals surface area contributed by atoms with Gasteiger partial charge in [0.05, 0.1) is 6.10 Å². The number of aliphatic hydroxyl groups is 1. The van der Waals surface area contributed by atoms with Gasteiger partial charge in [-0.3, -0.25) is 28.8 Å². The van der Waals surface area contributed by atoms with Gasteiger partial charge in [-0.1, -0.05) is 24.6 Å². The summed E-state index contributed by atoms with van der Waals surface area (Å²) >= 11 is 0. The monoisotopic (exact) mass is 821 g/mol. The van der Waals surface area contributed by atoms with E-state index in [1.807, 2.05) is 13.8 Å². The number of halogens is 2. The zero-order valence-corrected chi connectivity index (χ0v) is 33.8. The molecule has 6 rings (SSSR count). The molecule has 3 saturated heterocycles. The Labute approximate surface area is 341 Å². The van der Waals surface area contributed by atoms with E-state index < -0.39 is 83.1 Å². The van der Waals surface area contributed by atoms with Crippen LogP contribution in [0.1, 0.15) is 76.8 Å². The van der Waals surface area contributed by atoms with Crippen molar-refractivity contribution in [2.24, 2.45) is 5.92 Å². The predicted octanol–water partition coefficient (Wildman–Crippen LogP) is 2.33. The second kappa shape index (κ2) is 17.8. The third-order valence-electron chi connectivity index (χ3n) is 11.8. The van der Waals surface area contributed by atoms with Crippen molar-refractivity contribution in [2.45, 2.75) is 121 Å². The number of likely N-dealkylation sites (tertiary alicyclic amines) is 3. The van der Waals surface area contributed by atoms with E-state index in [1.54, 1.807) is 36.1 Å². The fourth-order valence-electron chi connectivity index (χ4n) is 8.70. The first kappa shape index (κ1) is 43.1. The van der Waals surface area contributed by atoms with Crippen LogP contribution in [0.15, 0.2) is 42.5 Å². The molecule has 3 aliphatic heterocycles. The molecule has 2 aromatic rings. The van der Waals surface area contributed by atoms with Crippen molar-refractivity contribution in [2.75, 3.05) is 25.0 Å². The Morgan fingerprint density at radius 1 is 0.864 bits per heavy atom. The van der Waals surface area contributed by atoms with E-state index in [1.165, 1.54) is 16.7 Å². The Kier molecular flexibility index (Phi) is 13.0. The van der Waals surface area contributed by atoms with Gasteiger partial charge in [0.15, 0.2) is 5.78 Å². The number of hydrogen-bond donors (Lipinski definition) is 5. The molecule has 1 aliphatic carbocycles. The number of nitrogens with zero attached hydrogens (tertiary/aromatic N) is 3. The number of ketones is 1. The number of aliphatic hydroxyl groups excluding tert-OH is 1. The van der Waals surface area contributed by atoms with Crippen molar-refractivity contribution in [1.82, 2.24) is 30.7 Å². The molecule has 1 saturated carbocycles. The van der Waals surface area contributed by atoms with Gasteiger partial charge in [0.1, 0.15) is 47.4 Å². The average Bonchev–Trinajstić information content (AvgIpc) is 3.46. The molecular formula is C42H53F2N7O8. The minimum atomic E-state index is -1.59. The summed E-state index contributed by atoms with van der Waals surface area (Å²) in [5.74, 6) is -4.70. The van der Waals surface area contributed by atoms with Crippen molar-refractivity contribution in [3.8, 4) is 0 Å². The van der Waals surface area contributed by atoms with Gasteiger partial charge < -0.3 is 41.1 Å². The fraction of sp³-hybridized carbons (Fsp3) is 0.548. The number of hydrogen-bond acceptors (Lipinski definition) is 8. The minimum absolute atomic E-state index is 0.0177. The molecule has 0 radical (unpaired) electrons. The number of piperidine rings is 1. The Morgan fingerprint density at radius 3 is 2.15 bits per heavy atom. The number of anilines is 1. The zero-order chi connectivity index (χ0) is 42.8. The van der Waals surface area contributed by atoms with E-state index in [4.69, 9.17) is 0 Å². The molecule has 1 spiro atoms. The Bertz CT molecular complexity index is 1960. The fourth-order valence-corrected chi connectivity index (χ4v) is 8.70. The van der Waals surface area contributed by atoms with E-state index >= 15 is 0 Å². The highest BCUT2D eigenvalue weighted by atomic mass is 19.1. The van der Waals surface area contributed by atoms with Crippen LogP contribution < -0.4 is 21.3 Å². The number of aryl methyl sites for hydroxylation is 1. The van der Waals surface area contributed by atoms with Crippen molar-refractivity contribution < 1.29 is 47.4 Å². The van der Waals surface area contributed by atoms with Gasteiger partial charge in [-0.2, -0.15) is 0 Å². The van der Waals surface area contributed by atoms with E-state index in [0.717, 1.165) is 17.7 Å². The number of rotatable bonds is 12. The van der Waals surface area contributed by atoms with Crippen LogP contribution in [-0.2, 0) is 35.2 Å². The van der Waals surface area contributed by atoms with E-state index in [2.05, 4.69) is 21.3 Å². The molecule has 2 aromatic carbocycles. The summed E-state index contributed by atoms with van der Waals surface area (Å²) in [5.41, 5.74) is 0.604. The molecule has 7 amide bonds. The lowest BCUT2D eigenvalue weighted by atomic mass is 9.99.